The van der Waals surface area contributed by atoms with E-state index in [1.807, 2.05) is 6.92 Å². The third-order valence-corrected chi connectivity index (χ3v) is 11.1. The van der Waals surface area contributed by atoms with Gasteiger partial charge in [0.2, 0.25) is 5.91 Å². The van der Waals surface area contributed by atoms with Gasteiger partial charge in [0.05, 0.1) is 5.71 Å². The van der Waals surface area contributed by atoms with E-state index in [-0.39, 0.29) is 23.4 Å². The van der Waals surface area contributed by atoms with Gasteiger partial charge in [-0.25, -0.2) is 4.79 Å². The Bertz CT molecular complexity index is 1100. The molecule has 3 fully saturated rings. The minimum absolute atomic E-state index is 0.142. The van der Waals surface area contributed by atoms with E-state index in [4.69, 9.17) is 4.84 Å². The molecule has 8 atom stereocenters. The Hall–Kier alpha value is -2.71. The molecule has 4 aliphatic carbocycles. The van der Waals surface area contributed by atoms with Gasteiger partial charge in [-0.15, -0.1) is 0 Å². The maximum atomic E-state index is 12.4. The highest BCUT2D eigenvalue weighted by Gasteiger charge is 2.59. The van der Waals surface area contributed by atoms with Crippen LogP contribution >= 0.6 is 0 Å². The summed E-state index contributed by atoms with van der Waals surface area (Å²) in [6, 6.07) is -1.86. The molecule has 9 heteroatoms. The molecule has 2 amide bonds. The fraction of sp³-hybridized carbons (Fsp3) is 0.781. The van der Waals surface area contributed by atoms with Crippen molar-refractivity contribution >= 4 is 29.3 Å². The number of hydrogen-bond acceptors (Lipinski definition) is 6. The first kappa shape index (κ1) is 31.2. The Morgan fingerprint density at radius 1 is 1.07 bits per heavy atom. The molecule has 0 aliphatic heterocycles. The average molecular weight is 572 g/mol. The molecule has 9 nitrogen and oxygen atoms in total. The van der Waals surface area contributed by atoms with Crippen molar-refractivity contribution in [3.63, 3.8) is 0 Å². The van der Waals surface area contributed by atoms with Gasteiger partial charge < -0.3 is 20.6 Å². The first-order valence-electron chi connectivity index (χ1n) is 15.6. The molecule has 3 saturated carbocycles. The van der Waals surface area contributed by atoms with Crippen LogP contribution in [-0.2, 0) is 24.0 Å². The topological polar surface area (TPSA) is 134 Å². The van der Waals surface area contributed by atoms with E-state index in [0.29, 0.717) is 36.4 Å². The third kappa shape index (κ3) is 6.38. The predicted octanol–water partition coefficient (Wildman–Crippen LogP) is 4.79. The van der Waals surface area contributed by atoms with Crippen LogP contribution in [0.1, 0.15) is 105 Å². The summed E-state index contributed by atoms with van der Waals surface area (Å²) in [4.78, 5) is 53.9. The number of carbonyl (C=O) groups excluding carboxylic acids is 3. The summed E-state index contributed by atoms with van der Waals surface area (Å²) in [6.07, 6.45) is 12.6. The number of fused-ring (bicyclic) bond motifs is 5. The number of aliphatic carboxylic acids is 1. The Labute approximate surface area is 244 Å². The molecule has 4 rings (SSSR count). The maximum Gasteiger partial charge on any atom is 0.326 e. The van der Waals surface area contributed by atoms with Crippen molar-refractivity contribution < 1.29 is 29.1 Å². The SMILES string of the molecule is CCCCC(NC(=O)C(C)NC(=O)CO/N=C1\C=C2CCC3C4CCC(C(C)=O)[C@@]4(C)CCC3[C@@]2(C)CC1)C(=O)O. The van der Waals surface area contributed by atoms with Gasteiger partial charge in [-0.05, 0) is 106 Å². The van der Waals surface area contributed by atoms with Crippen molar-refractivity contribution in [3.8, 4) is 0 Å². The number of carbonyl (C=O) groups is 4. The first-order valence-corrected chi connectivity index (χ1v) is 15.6. The van der Waals surface area contributed by atoms with Crippen LogP contribution in [0.5, 0.6) is 0 Å². The highest BCUT2D eigenvalue weighted by Crippen LogP contribution is 2.66. The summed E-state index contributed by atoms with van der Waals surface area (Å²) >= 11 is 0. The van der Waals surface area contributed by atoms with Gasteiger partial charge in [-0.2, -0.15) is 0 Å². The van der Waals surface area contributed by atoms with Gasteiger partial charge in [-0.3, -0.25) is 14.4 Å². The Morgan fingerprint density at radius 3 is 2.51 bits per heavy atom. The molecule has 228 valence electrons. The molecule has 3 N–H and O–H groups in total. The number of allylic oxidation sites excluding steroid dienone is 2. The van der Waals surface area contributed by atoms with Gasteiger partial charge in [-0.1, -0.05) is 44.3 Å². The molecule has 0 bridgehead atoms. The second kappa shape index (κ2) is 12.7. The first-order chi connectivity index (χ1) is 19.4. The molecule has 0 radical (unpaired) electrons. The maximum absolute atomic E-state index is 12.4. The standard InChI is InChI=1S/C32H49N3O6/c1-6-7-8-27(30(39)40)34-29(38)19(2)33-28(37)18-41-35-22-13-15-31(4)21(17-22)9-10-23-25-12-11-24(20(3)36)32(25,5)16-14-26(23)31/h17,19,23-27H,6-16,18H2,1-5H3,(H,33,37)(H,34,38)(H,39,40)/b35-22-/t19?,23?,24?,25?,26?,27?,31-,32+/m0/s1. The summed E-state index contributed by atoms with van der Waals surface area (Å²) in [7, 11) is 0. The van der Waals surface area contributed by atoms with Crippen LogP contribution in [0.15, 0.2) is 16.8 Å². The van der Waals surface area contributed by atoms with E-state index >= 15 is 0 Å². The Morgan fingerprint density at radius 2 is 1.83 bits per heavy atom. The largest absolute Gasteiger partial charge is 0.480 e. The molecular formula is C32H49N3O6. The average Bonchev–Trinajstić information content (AvgIpc) is 3.28. The van der Waals surface area contributed by atoms with Gasteiger partial charge >= 0.3 is 5.97 Å². The number of ketones is 1. The van der Waals surface area contributed by atoms with Crippen LogP contribution in [0.2, 0.25) is 0 Å². The van der Waals surface area contributed by atoms with Crippen LogP contribution in [0.3, 0.4) is 0 Å². The Kier molecular flexibility index (Phi) is 9.64. The number of nitrogens with one attached hydrogen (secondary N) is 2. The third-order valence-electron chi connectivity index (χ3n) is 11.1. The molecule has 0 aromatic carbocycles. The number of rotatable bonds is 11. The summed E-state index contributed by atoms with van der Waals surface area (Å²) in [5.74, 6) is 0.427. The number of oxime groups is 1. The molecule has 4 aliphatic rings. The smallest absolute Gasteiger partial charge is 0.326 e. The van der Waals surface area contributed by atoms with Crippen molar-refractivity contribution in [1.29, 1.82) is 0 Å². The van der Waals surface area contributed by atoms with Crippen LogP contribution in [0.4, 0.5) is 0 Å². The minimum Gasteiger partial charge on any atom is -0.480 e. The summed E-state index contributed by atoms with van der Waals surface area (Å²) < 4.78 is 0. The molecule has 0 saturated heterocycles. The highest BCUT2D eigenvalue weighted by atomic mass is 16.6. The number of carboxylic acids is 1. The van der Waals surface area contributed by atoms with Crippen molar-refractivity contribution in [2.75, 3.05) is 6.61 Å². The summed E-state index contributed by atoms with van der Waals surface area (Å²) in [5, 5.41) is 18.6. The number of hydrogen-bond donors (Lipinski definition) is 3. The lowest BCUT2D eigenvalue weighted by Crippen LogP contribution is -2.51. The quantitative estimate of drug-likeness (QED) is 0.305. The normalized spacial score (nSPS) is 34.8. The number of nitrogens with zero attached hydrogens (tertiary/aromatic N) is 1. The van der Waals surface area contributed by atoms with E-state index < -0.39 is 29.9 Å². The zero-order valence-corrected chi connectivity index (χ0v) is 25.5. The fourth-order valence-corrected chi connectivity index (χ4v) is 8.80. The predicted molar refractivity (Wildman–Crippen MR) is 156 cm³/mol. The van der Waals surface area contributed by atoms with Crippen LogP contribution < -0.4 is 10.6 Å². The van der Waals surface area contributed by atoms with E-state index in [1.165, 1.54) is 25.3 Å². The highest BCUT2D eigenvalue weighted by molar-refractivity contribution is 5.96. The number of amides is 2. The van der Waals surface area contributed by atoms with Gasteiger partial charge in [0.25, 0.3) is 5.91 Å². The van der Waals surface area contributed by atoms with E-state index in [0.717, 1.165) is 50.7 Å². The van der Waals surface area contributed by atoms with Crippen LogP contribution in [0.25, 0.3) is 0 Å². The van der Waals surface area contributed by atoms with Crippen LogP contribution in [0, 0.1) is 34.5 Å². The molecule has 0 heterocycles. The lowest BCUT2D eigenvalue weighted by molar-refractivity contribution is -0.142. The van der Waals surface area contributed by atoms with Crippen LogP contribution in [-0.4, -0.2) is 53.1 Å². The molecular weight excluding hydrogens is 522 g/mol. The number of unbranched alkanes of at least 4 members (excludes halogenated alkanes) is 1. The molecule has 41 heavy (non-hydrogen) atoms. The lowest BCUT2D eigenvalue weighted by atomic mass is 9.46. The van der Waals surface area contributed by atoms with Gasteiger partial charge in [0.1, 0.15) is 17.9 Å². The minimum atomic E-state index is -1.09. The van der Waals surface area contributed by atoms with Crippen molar-refractivity contribution in [2.24, 2.45) is 39.7 Å². The fourth-order valence-electron chi connectivity index (χ4n) is 8.80. The molecule has 0 aromatic rings. The number of carboxylic acid groups (broad SMARTS) is 1. The molecule has 0 aromatic heterocycles. The summed E-state index contributed by atoms with van der Waals surface area (Å²) in [6.45, 7) is 9.73. The van der Waals surface area contributed by atoms with Gasteiger partial charge in [0.15, 0.2) is 6.61 Å². The van der Waals surface area contributed by atoms with Gasteiger partial charge in [0, 0.05) is 5.92 Å². The van der Waals surface area contributed by atoms with Crippen molar-refractivity contribution in [2.45, 2.75) is 117 Å². The van der Waals surface area contributed by atoms with E-state index in [1.54, 1.807) is 6.92 Å². The zero-order chi connectivity index (χ0) is 29.9. The zero-order valence-electron chi connectivity index (χ0n) is 25.5. The summed E-state index contributed by atoms with van der Waals surface area (Å²) in [5.41, 5.74) is 2.57. The second-order valence-electron chi connectivity index (χ2n) is 13.5. The monoisotopic (exact) mass is 571 g/mol. The van der Waals surface area contributed by atoms with Crippen molar-refractivity contribution in [1.82, 2.24) is 10.6 Å². The lowest BCUT2D eigenvalue weighted by Gasteiger charge is -2.58. The Balaban J connectivity index is 1.30. The molecule has 0 spiro atoms. The van der Waals surface area contributed by atoms with Crippen molar-refractivity contribution in [3.05, 3.63) is 11.6 Å². The van der Waals surface area contributed by atoms with E-state index in [9.17, 15) is 24.3 Å². The second-order valence-corrected chi connectivity index (χ2v) is 13.5. The van der Waals surface area contributed by atoms with E-state index in [2.05, 4.69) is 35.7 Å². The molecule has 6 unspecified atom stereocenters. The number of Topliss-reactive ketones (excluding diaryl/α,β-unsaturated/α-hetero) is 1.